The van der Waals surface area contributed by atoms with Crippen LogP contribution in [0.4, 0.5) is 0 Å². The fraction of sp³-hybridized carbons (Fsp3) is 0.818. The van der Waals surface area contributed by atoms with E-state index in [1.54, 1.807) is 6.33 Å². The number of nitrogens with one attached hydrogen (secondary N) is 1. The first-order valence-corrected chi connectivity index (χ1v) is 5.83. The third-order valence-corrected chi connectivity index (χ3v) is 2.65. The SMILES string of the molecule is CC(C)Cn1ncnc1CNCC1CC1. The first kappa shape index (κ1) is 10.6. The molecule has 0 radical (unpaired) electrons. The van der Waals surface area contributed by atoms with Crippen molar-refractivity contribution in [3.8, 4) is 0 Å². The van der Waals surface area contributed by atoms with Crippen molar-refractivity contribution in [3.05, 3.63) is 12.2 Å². The van der Waals surface area contributed by atoms with Crippen molar-refractivity contribution in [2.75, 3.05) is 6.54 Å². The Morgan fingerprint density at radius 3 is 3.00 bits per heavy atom. The van der Waals surface area contributed by atoms with Gasteiger partial charge in [-0.1, -0.05) is 13.8 Å². The molecule has 0 spiro atoms. The number of hydrogen-bond acceptors (Lipinski definition) is 3. The van der Waals surface area contributed by atoms with Crippen molar-refractivity contribution >= 4 is 0 Å². The zero-order chi connectivity index (χ0) is 10.7. The van der Waals surface area contributed by atoms with Gasteiger partial charge in [0, 0.05) is 6.54 Å². The number of rotatable bonds is 6. The molecule has 0 atom stereocenters. The van der Waals surface area contributed by atoms with Crippen LogP contribution >= 0.6 is 0 Å². The van der Waals surface area contributed by atoms with Crippen molar-refractivity contribution in [3.63, 3.8) is 0 Å². The fourth-order valence-corrected chi connectivity index (χ4v) is 1.63. The summed E-state index contributed by atoms with van der Waals surface area (Å²) in [6, 6.07) is 0. The molecule has 1 heterocycles. The molecule has 0 amide bonds. The van der Waals surface area contributed by atoms with E-state index < -0.39 is 0 Å². The summed E-state index contributed by atoms with van der Waals surface area (Å²) < 4.78 is 2.00. The lowest BCUT2D eigenvalue weighted by atomic mass is 10.2. The quantitative estimate of drug-likeness (QED) is 0.769. The highest BCUT2D eigenvalue weighted by molar-refractivity contribution is 4.85. The van der Waals surface area contributed by atoms with Crippen LogP contribution in [-0.4, -0.2) is 21.3 Å². The average molecular weight is 208 g/mol. The highest BCUT2D eigenvalue weighted by Gasteiger charge is 2.20. The Labute approximate surface area is 91.1 Å². The second kappa shape index (κ2) is 4.75. The normalized spacial score (nSPS) is 16.2. The summed E-state index contributed by atoms with van der Waals surface area (Å²) in [7, 11) is 0. The minimum absolute atomic E-state index is 0.619. The Morgan fingerprint density at radius 1 is 1.53 bits per heavy atom. The first-order valence-electron chi connectivity index (χ1n) is 5.83. The van der Waals surface area contributed by atoms with Crippen molar-refractivity contribution in [2.24, 2.45) is 11.8 Å². The molecule has 2 rings (SSSR count). The van der Waals surface area contributed by atoms with Gasteiger partial charge in [0.2, 0.25) is 0 Å². The van der Waals surface area contributed by atoms with Crippen LogP contribution in [0.25, 0.3) is 0 Å². The van der Waals surface area contributed by atoms with Gasteiger partial charge in [-0.15, -0.1) is 0 Å². The summed E-state index contributed by atoms with van der Waals surface area (Å²) in [6.07, 6.45) is 4.44. The lowest BCUT2D eigenvalue weighted by Gasteiger charge is -2.08. The summed E-state index contributed by atoms with van der Waals surface area (Å²) in [5.74, 6) is 2.60. The number of nitrogens with zero attached hydrogens (tertiary/aromatic N) is 3. The molecule has 4 heteroatoms. The van der Waals surface area contributed by atoms with E-state index in [0.717, 1.165) is 31.4 Å². The van der Waals surface area contributed by atoms with E-state index in [4.69, 9.17) is 0 Å². The molecule has 0 saturated heterocycles. The van der Waals surface area contributed by atoms with E-state index in [2.05, 4.69) is 29.2 Å². The molecule has 1 aliphatic rings. The molecule has 1 aromatic rings. The fourth-order valence-electron chi connectivity index (χ4n) is 1.63. The Bertz CT molecular complexity index is 301. The molecule has 84 valence electrons. The van der Waals surface area contributed by atoms with Gasteiger partial charge in [0.15, 0.2) is 0 Å². The number of hydrogen-bond donors (Lipinski definition) is 1. The lowest BCUT2D eigenvalue weighted by molar-refractivity contribution is 0.456. The molecule has 0 aromatic carbocycles. The van der Waals surface area contributed by atoms with Gasteiger partial charge in [0.05, 0.1) is 6.54 Å². The monoisotopic (exact) mass is 208 g/mol. The van der Waals surface area contributed by atoms with Gasteiger partial charge < -0.3 is 5.32 Å². The van der Waals surface area contributed by atoms with Crippen molar-refractivity contribution < 1.29 is 0 Å². The van der Waals surface area contributed by atoms with Crippen LogP contribution < -0.4 is 5.32 Å². The van der Waals surface area contributed by atoms with Crippen LogP contribution in [0.2, 0.25) is 0 Å². The van der Waals surface area contributed by atoms with Crippen molar-refractivity contribution in [2.45, 2.75) is 39.8 Å². The molecule has 0 unspecified atom stereocenters. The maximum Gasteiger partial charge on any atom is 0.140 e. The van der Waals surface area contributed by atoms with Gasteiger partial charge in [0.1, 0.15) is 12.2 Å². The highest BCUT2D eigenvalue weighted by Crippen LogP contribution is 2.27. The van der Waals surface area contributed by atoms with Crippen LogP contribution in [0.15, 0.2) is 6.33 Å². The summed E-state index contributed by atoms with van der Waals surface area (Å²) >= 11 is 0. The molecule has 1 N–H and O–H groups in total. The van der Waals surface area contributed by atoms with E-state index in [1.807, 2.05) is 4.68 Å². The van der Waals surface area contributed by atoms with Gasteiger partial charge in [0.25, 0.3) is 0 Å². The molecular formula is C11H20N4. The van der Waals surface area contributed by atoms with E-state index >= 15 is 0 Å². The second-order valence-corrected chi connectivity index (χ2v) is 4.83. The second-order valence-electron chi connectivity index (χ2n) is 4.83. The van der Waals surface area contributed by atoms with Crippen LogP contribution in [0.5, 0.6) is 0 Å². The smallest absolute Gasteiger partial charge is 0.140 e. The summed E-state index contributed by atoms with van der Waals surface area (Å²) in [5.41, 5.74) is 0. The first-order chi connectivity index (χ1) is 7.25. The molecule has 0 bridgehead atoms. The maximum absolute atomic E-state index is 4.28. The predicted octanol–water partition coefficient (Wildman–Crippen LogP) is 1.43. The summed E-state index contributed by atoms with van der Waals surface area (Å²) in [6.45, 7) is 7.34. The van der Waals surface area contributed by atoms with E-state index in [1.165, 1.54) is 12.8 Å². The predicted molar refractivity (Wildman–Crippen MR) is 59.3 cm³/mol. The third kappa shape index (κ3) is 3.30. The molecule has 1 aromatic heterocycles. The van der Waals surface area contributed by atoms with E-state index in [9.17, 15) is 0 Å². The van der Waals surface area contributed by atoms with Gasteiger partial charge in [-0.2, -0.15) is 5.10 Å². The minimum Gasteiger partial charge on any atom is -0.310 e. The lowest BCUT2D eigenvalue weighted by Crippen LogP contribution is -2.20. The molecule has 0 aliphatic heterocycles. The standard InChI is InChI=1S/C11H20N4/c1-9(2)7-15-11(13-8-14-15)6-12-5-10-3-4-10/h8-10,12H,3-7H2,1-2H3. The summed E-state index contributed by atoms with van der Waals surface area (Å²) in [5, 5.41) is 7.68. The Hall–Kier alpha value is -0.900. The van der Waals surface area contributed by atoms with Gasteiger partial charge >= 0.3 is 0 Å². The van der Waals surface area contributed by atoms with Crippen LogP contribution in [0.3, 0.4) is 0 Å². The molecule has 4 nitrogen and oxygen atoms in total. The van der Waals surface area contributed by atoms with E-state index in [-0.39, 0.29) is 0 Å². The molecule has 15 heavy (non-hydrogen) atoms. The minimum atomic E-state index is 0.619. The van der Waals surface area contributed by atoms with Gasteiger partial charge in [-0.25, -0.2) is 9.67 Å². The zero-order valence-electron chi connectivity index (χ0n) is 9.61. The topological polar surface area (TPSA) is 42.7 Å². The maximum atomic E-state index is 4.28. The molecular weight excluding hydrogens is 188 g/mol. The third-order valence-electron chi connectivity index (χ3n) is 2.65. The van der Waals surface area contributed by atoms with Gasteiger partial charge in [-0.05, 0) is 31.2 Å². The van der Waals surface area contributed by atoms with Crippen LogP contribution in [0.1, 0.15) is 32.5 Å². The molecule has 1 saturated carbocycles. The number of aromatic nitrogens is 3. The average Bonchev–Trinajstić information content (AvgIpc) is 2.89. The summed E-state index contributed by atoms with van der Waals surface area (Å²) in [4.78, 5) is 4.28. The van der Waals surface area contributed by atoms with Crippen molar-refractivity contribution in [1.82, 2.24) is 20.1 Å². The molecule has 1 aliphatic carbocycles. The molecule has 1 fully saturated rings. The zero-order valence-corrected chi connectivity index (χ0v) is 9.61. The Morgan fingerprint density at radius 2 is 2.33 bits per heavy atom. The highest BCUT2D eigenvalue weighted by atomic mass is 15.3. The van der Waals surface area contributed by atoms with E-state index in [0.29, 0.717) is 5.92 Å². The Kier molecular flexibility index (Phi) is 3.36. The van der Waals surface area contributed by atoms with Crippen LogP contribution in [0, 0.1) is 11.8 Å². The Balaban J connectivity index is 1.80. The van der Waals surface area contributed by atoms with Crippen LogP contribution in [-0.2, 0) is 13.1 Å². The largest absolute Gasteiger partial charge is 0.310 e. The van der Waals surface area contributed by atoms with Gasteiger partial charge in [-0.3, -0.25) is 0 Å². The van der Waals surface area contributed by atoms with Crippen molar-refractivity contribution in [1.29, 1.82) is 0 Å².